The van der Waals surface area contributed by atoms with Crippen molar-refractivity contribution in [3.05, 3.63) is 27.1 Å². The van der Waals surface area contributed by atoms with Gasteiger partial charge in [-0.15, -0.1) is 0 Å². The van der Waals surface area contributed by atoms with E-state index in [2.05, 4.69) is 20.7 Å². The first-order chi connectivity index (χ1) is 14.8. The summed E-state index contributed by atoms with van der Waals surface area (Å²) in [6.07, 6.45) is 3.08. The molecule has 11 heteroatoms. The minimum atomic E-state index is -0.632. The molecule has 0 radical (unpaired) electrons. The van der Waals surface area contributed by atoms with Crippen LogP contribution >= 0.6 is 27.7 Å². The third-order valence-electron chi connectivity index (χ3n) is 4.06. The number of amides is 2. The van der Waals surface area contributed by atoms with Crippen molar-refractivity contribution >= 4 is 56.9 Å². The summed E-state index contributed by atoms with van der Waals surface area (Å²) in [7, 11) is 2.68. The lowest BCUT2D eigenvalue weighted by Gasteiger charge is -2.12. The molecule has 0 aliphatic carbocycles. The maximum absolute atomic E-state index is 12.6. The lowest BCUT2D eigenvalue weighted by atomic mass is 10.2. The van der Waals surface area contributed by atoms with Gasteiger partial charge in [-0.3, -0.25) is 19.3 Å². The van der Waals surface area contributed by atoms with Crippen LogP contribution in [0, 0.1) is 0 Å². The van der Waals surface area contributed by atoms with Crippen molar-refractivity contribution in [3.63, 3.8) is 0 Å². The molecular weight excluding hydrogens is 494 g/mol. The first kappa shape index (κ1) is 24.7. The van der Waals surface area contributed by atoms with Gasteiger partial charge in [0.2, 0.25) is 0 Å². The van der Waals surface area contributed by atoms with Gasteiger partial charge in [0.05, 0.1) is 25.7 Å². The van der Waals surface area contributed by atoms with E-state index in [-0.39, 0.29) is 18.1 Å². The molecule has 9 nitrogen and oxygen atoms in total. The minimum Gasteiger partial charge on any atom is -0.493 e. The van der Waals surface area contributed by atoms with Gasteiger partial charge in [0.15, 0.2) is 18.1 Å². The molecule has 2 amide bonds. The van der Waals surface area contributed by atoms with E-state index in [4.69, 9.17) is 14.2 Å². The summed E-state index contributed by atoms with van der Waals surface area (Å²) >= 11 is 4.11. The quantitative estimate of drug-likeness (QED) is 0.263. The van der Waals surface area contributed by atoms with Crippen LogP contribution < -0.4 is 9.47 Å². The Bertz CT molecular complexity index is 901. The number of imide groups is 1. The summed E-state index contributed by atoms with van der Waals surface area (Å²) in [5, 5.41) is -0.551. The van der Waals surface area contributed by atoms with Crippen molar-refractivity contribution < 1.29 is 38.1 Å². The SMILES string of the molecule is CCCCOC(=O)CN1C(=O)S/C(=C/c2cc(OC)c(OCC(=O)OC)cc2Br)C1=O. The zero-order valence-electron chi connectivity index (χ0n) is 17.3. The molecule has 1 aromatic rings. The van der Waals surface area contributed by atoms with Crippen LogP contribution in [0.3, 0.4) is 0 Å². The first-order valence-corrected chi connectivity index (χ1v) is 10.9. The van der Waals surface area contributed by atoms with Gasteiger partial charge in [-0.05, 0) is 42.0 Å². The summed E-state index contributed by atoms with van der Waals surface area (Å²) in [4.78, 5) is 49.0. The van der Waals surface area contributed by atoms with Gasteiger partial charge in [0.25, 0.3) is 11.1 Å². The second-order valence-electron chi connectivity index (χ2n) is 6.23. The number of ether oxygens (including phenoxy) is 4. The van der Waals surface area contributed by atoms with E-state index in [9.17, 15) is 19.2 Å². The summed E-state index contributed by atoms with van der Waals surface area (Å²) in [5.74, 6) is -1.16. The molecule has 1 aliphatic heterocycles. The Morgan fingerprint density at radius 3 is 2.55 bits per heavy atom. The van der Waals surface area contributed by atoms with Crippen LogP contribution in [0.5, 0.6) is 11.5 Å². The second-order valence-corrected chi connectivity index (χ2v) is 8.08. The highest BCUT2D eigenvalue weighted by atomic mass is 79.9. The number of benzene rings is 1. The average molecular weight is 516 g/mol. The zero-order valence-corrected chi connectivity index (χ0v) is 19.7. The van der Waals surface area contributed by atoms with E-state index < -0.39 is 29.6 Å². The Morgan fingerprint density at radius 1 is 1.16 bits per heavy atom. The molecule has 0 aromatic heterocycles. The Balaban J connectivity index is 2.17. The molecule has 1 saturated heterocycles. The fourth-order valence-electron chi connectivity index (χ4n) is 2.41. The van der Waals surface area contributed by atoms with Gasteiger partial charge < -0.3 is 18.9 Å². The fourth-order valence-corrected chi connectivity index (χ4v) is 3.68. The van der Waals surface area contributed by atoms with Crippen molar-refractivity contribution in [2.75, 3.05) is 34.0 Å². The average Bonchev–Trinajstić information content (AvgIpc) is 3.00. The van der Waals surface area contributed by atoms with Crippen LogP contribution in [0.2, 0.25) is 0 Å². The number of methoxy groups -OCH3 is 2. The topological polar surface area (TPSA) is 108 Å². The van der Waals surface area contributed by atoms with E-state index in [1.807, 2.05) is 6.92 Å². The molecule has 1 heterocycles. The van der Waals surface area contributed by atoms with E-state index >= 15 is 0 Å². The lowest BCUT2D eigenvalue weighted by molar-refractivity contribution is -0.146. The van der Waals surface area contributed by atoms with E-state index in [0.29, 0.717) is 28.0 Å². The van der Waals surface area contributed by atoms with Crippen molar-refractivity contribution in [3.8, 4) is 11.5 Å². The van der Waals surface area contributed by atoms with Gasteiger partial charge in [-0.25, -0.2) is 4.79 Å². The molecule has 0 spiro atoms. The molecule has 0 atom stereocenters. The Morgan fingerprint density at radius 2 is 1.90 bits per heavy atom. The maximum atomic E-state index is 12.6. The summed E-state index contributed by atoms with van der Waals surface area (Å²) in [6, 6.07) is 3.16. The third kappa shape index (κ3) is 6.73. The molecule has 31 heavy (non-hydrogen) atoms. The number of esters is 2. The highest BCUT2D eigenvalue weighted by molar-refractivity contribution is 9.10. The van der Waals surface area contributed by atoms with Crippen molar-refractivity contribution in [2.24, 2.45) is 0 Å². The monoisotopic (exact) mass is 515 g/mol. The summed E-state index contributed by atoms with van der Waals surface area (Å²) < 4.78 is 20.8. The van der Waals surface area contributed by atoms with E-state index in [0.717, 1.165) is 23.1 Å². The van der Waals surface area contributed by atoms with E-state index in [1.165, 1.54) is 20.3 Å². The number of carbonyl (C=O) groups is 4. The molecule has 0 unspecified atom stereocenters. The number of thioether (sulfide) groups is 1. The number of rotatable bonds is 10. The minimum absolute atomic E-state index is 0.150. The number of halogens is 1. The van der Waals surface area contributed by atoms with Crippen LogP contribution in [0.15, 0.2) is 21.5 Å². The Hall–Kier alpha value is -2.53. The zero-order chi connectivity index (χ0) is 23.0. The highest BCUT2D eigenvalue weighted by Crippen LogP contribution is 2.38. The number of nitrogens with zero attached hydrogens (tertiary/aromatic N) is 1. The van der Waals surface area contributed by atoms with Crippen molar-refractivity contribution in [1.29, 1.82) is 0 Å². The predicted octanol–water partition coefficient (Wildman–Crippen LogP) is 3.39. The van der Waals surface area contributed by atoms with Crippen LogP contribution in [-0.4, -0.2) is 62.0 Å². The largest absolute Gasteiger partial charge is 0.493 e. The molecule has 1 aromatic carbocycles. The lowest BCUT2D eigenvalue weighted by Crippen LogP contribution is -2.34. The summed E-state index contributed by atoms with van der Waals surface area (Å²) in [5.41, 5.74) is 0.540. The molecule has 2 rings (SSSR count). The molecule has 168 valence electrons. The molecule has 1 fully saturated rings. The molecule has 0 bridgehead atoms. The molecular formula is C20H22BrNO8S. The third-order valence-corrected chi connectivity index (χ3v) is 5.66. The highest BCUT2D eigenvalue weighted by Gasteiger charge is 2.36. The molecule has 1 aliphatic rings. The van der Waals surface area contributed by atoms with Gasteiger partial charge >= 0.3 is 11.9 Å². The predicted molar refractivity (Wildman–Crippen MR) is 117 cm³/mol. The van der Waals surface area contributed by atoms with Gasteiger partial charge in [0, 0.05) is 4.47 Å². The van der Waals surface area contributed by atoms with Crippen LogP contribution in [0.25, 0.3) is 6.08 Å². The molecule has 0 N–H and O–H groups in total. The number of unbranched alkanes of at least 4 members (excludes halogenated alkanes) is 1. The van der Waals surface area contributed by atoms with Gasteiger partial charge in [-0.2, -0.15) is 0 Å². The summed E-state index contributed by atoms with van der Waals surface area (Å²) in [6.45, 7) is 1.47. The Labute approximate surface area is 192 Å². The van der Waals surface area contributed by atoms with Gasteiger partial charge in [-0.1, -0.05) is 29.3 Å². The van der Waals surface area contributed by atoms with Crippen molar-refractivity contribution in [1.82, 2.24) is 4.90 Å². The maximum Gasteiger partial charge on any atom is 0.343 e. The number of carbonyl (C=O) groups excluding carboxylic acids is 4. The number of hydrogen-bond donors (Lipinski definition) is 0. The smallest absolute Gasteiger partial charge is 0.343 e. The first-order valence-electron chi connectivity index (χ1n) is 9.28. The second kappa shape index (κ2) is 11.8. The normalized spacial score (nSPS) is 14.7. The fraction of sp³-hybridized carbons (Fsp3) is 0.400. The van der Waals surface area contributed by atoms with Crippen LogP contribution in [0.1, 0.15) is 25.3 Å². The van der Waals surface area contributed by atoms with Crippen LogP contribution in [0.4, 0.5) is 4.79 Å². The van der Waals surface area contributed by atoms with Crippen LogP contribution in [-0.2, 0) is 23.9 Å². The van der Waals surface area contributed by atoms with E-state index in [1.54, 1.807) is 12.1 Å². The van der Waals surface area contributed by atoms with Gasteiger partial charge in [0.1, 0.15) is 6.54 Å². The molecule has 0 saturated carbocycles. The van der Waals surface area contributed by atoms with Crippen molar-refractivity contribution in [2.45, 2.75) is 19.8 Å². The Kier molecular flexibility index (Phi) is 9.38. The standard InChI is InChI=1S/C20H22BrNO8S/c1-4-5-6-29-17(23)10-22-19(25)16(31-20(22)26)8-12-7-14(27-2)15(9-13(12)21)30-11-18(24)28-3/h7-9H,4-6,10-11H2,1-3H3/b16-8+. The number of hydrogen-bond acceptors (Lipinski definition) is 9.